The standard InChI is InChI=1S/C12H21F3N2O/c1-8(6-12(13,14)15)17-11(18)10-4-2-3-9(5-10)7-16/h8-10H,2-7,16H2,1H3,(H,17,18). The molecule has 3 nitrogen and oxygen atoms in total. The Bertz CT molecular complexity index is 281. The van der Waals surface area contributed by atoms with Gasteiger partial charge in [0.05, 0.1) is 6.42 Å². The molecule has 6 heteroatoms. The van der Waals surface area contributed by atoms with E-state index in [0.29, 0.717) is 18.9 Å². The van der Waals surface area contributed by atoms with E-state index in [-0.39, 0.29) is 11.8 Å². The van der Waals surface area contributed by atoms with Gasteiger partial charge in [-0.3, -0.25) is 4.79 Å². The Morgan fingerprint density at radius 2 is 2.11 bits per heavy atom. The topological polar surface area (TPSA) is 55.1 Å². The zero-order valence-corrected chi connectivity index (χ0v) is 10.6. The van der Waals surface area contributed by atoms with Gasteiger partial charge in [-0.15, -0.1) is 0 Å². The Morgan fingerprint density at radius 1 is 1.44 bits per heavy atom. The Labute approximate surface area is 105 Å². The van der Waals surface area contributed by atoms with Crippen molar-refractivity contribution in [2.45, 2.75) is 51.2 Å². The van der Waals surface area contributed by atoms with Crippen LogP contribution < -0.4 is 11.1 Å². The van der Waals surface area contributed by atoms with Crippen molar-refractivity contribution in [1.29, 1.82) is 0 Å². The minimum Gasteiger partial charge on any atom is -0.353 e. The van der Waals surface area contributed by atoms with Crippen LogP contribution in [0.2, 0.25) is 0 Å². The molecule has 0 aromatic rings. The van der Waals surface area contributed by atoms with Crippen LogP contribution in [0.1, 0.15) is 39.0 Å². The van der Waals surface area contributed by atoms with Crippen molar-refractivity contribution in [3.8, 4) is 0 Å². The van der Waals surface area contributed by atoms with Gasteiger partial charge in [-0.25, -0.2) is 0 Å². The number of hydrogen-bond acceptors (Lipinski definition) is 2. The zero-order chi connectivity index (χ0) is 13.8. The second-order valence-corrected chi connectivity index (χ2v) is 5.19. The first-order valence-electron chi connectivity index (χ1n) is 6.39. The van der Waals surface area contributed by atoms with Crippen molar-refractivity contribution < 1.29 is 18.0 Å². The van der Waals surface area contributed by atoms with Crippen LogP contribution in [0, 0.1) is 11.8 Å². The van der Waals surface area contributed by atoms with Crippen LogP contribution in [0.4, 0.5) is 13.2 Å². The Morgan fingerprint density at radius 3 is 2.67 bits per heavy atom. The molecule has 1 amide bonds. The fourth-order valence-corrected chi connectivity index (χ4v) is 2.50. The number of rotatable bonds is 4. The third-order valence-corrected chi connectivity index (χ3v) is 3.41. The predicted octanol–water partition coefficient (Wildman–Crippen LogP) is 2.21. The first kappa shape index (κ1) is 15.3. The molecule has 18 heavy (non-hydrogen) atoms. The second-order valence-electron chi connectivity index (χ2n) is 5.19. The van der Waals surface area contributed by atoms with Gasteiger partial charge >= 0.3 is 6.18 Å². The molecule has 1 saturated carbocycles. The van der Waals surface area contributed by atoms with E-state index in [1.165, 1.54) is 6.92 Å². The van der Waals surface area contributed by atoms with Crippen molar-refractivity contribution in [2.24, 2.45) is 17.6 Å². The number of alkyl halides is 3. The summed E-state index contributed by atoms with van der Waals surface area (Å²) in [6, 6.07) is -0.865. The molecule has 3 unspecified atom stereocenters. The Kier molecular flexibility index (Phi) is 5.44. The molecule has 0 bridgehead atoms. The van der Waals surface area contributed by atoms with E-state index in [1.54, 1.807) is 0 Å². The molecule has 0 radical (unpaired) electrons. The van der Waals surface area contributed by atoms with Gasteiger partial charge in [-0.2, -0.15) is 13.2 Å². The summed E-state index contributed by atoms with van der Waals surface area (Å²) in [6.07, 6.45) is -1.83. The first-order chi connectivity index (χ1) is 8.31. The molecule has 1 aliphatic rings. The van der Waals surface area contributed by atoms with Gasteiger partial charge in [-0.1, -0.05) is 6.42 Å². The maximum absolute atomic E-state index is 12.1. The highest BCUT2D eigenvalue weighted by molar-refractivity contribution is 5.79. The average Bonchev–Trinajstić information content (AvgIpc) is 2.26. The van der Waals surface area contributed by atoms with Gasteiger partial charge in [-0.05, 0) is 38.6 Å². The summed E-state index contributed by atoms with van der Waals surface area (Å²) < 4.78 is 36.4. The van der Waals surface area contributed by atoms with Crippen LogP contribution in [-0.2, 0) is 4.79 Å². The monoisotopic (exact) mass is 266 g/mol. The molecule has 0 spiro atoms. The summed E-state index contributed by atoms with van der Waals surface area (Å²) in [5, 5.41) is 2.45. The Balaban J connectivity index is 2.40. The molecule has 0 aliphatic heterocycles. The largest absolute Gasteiger partial charge is 0.391 e. The number of hydrogen-bond donors (Lipinski definition) is 2. The fraction of sp³-hybridized carbons (Fsp3) is 0.917. The molecule has 1 aliphatic carbocycles. The third-order valence-electron chi connectivity index (χ3n) is 3.41. The average molecular weight is 266 g/mol. The first-order valence-corrected chi connectivity index (χ1v) is 6.39. The number of amides is 1. The lowest BCUT2D eigenvalue weighted by Crippen LogP contribution is -2.41. The van der Waals surface area contributed by atoms with Crippen LogP contribution in [0.5, 0.6) is 0 Å². The summed E-state index contributed by atoms with van der Waals surface area (Å²) in [5.74, 6) is -0.111. The van der Waals surface area contributed by atoms with Gasteiger partial charge in [0, 0.05) is 12.0 Å². The number of carbonyl (C=O) groups excluding carboxylic acids is 1. The maximum atomic E-state index is 12.1. The van der Waals surface area contributed by atoms with Crippen molar-refractivity contribution >= 4 is 5.91 Å². The quantitative estimate of drug-likeness (QED) is 0.819. The Hall–Kier alpha value is -0.780. The van der Waals surface area contributed by atoms with E-state index in [2.05, 4.69) is 5.32 Å². The summed E-state index contributed by atoms with van der Waals surface area (Å²) in [6.45, 7) is 1.93. The lowest BCUT2D eigenvalue weighted by molar-refractivity contribution is -0.142. The summed E-state index contributed by atoms with van der Waals surface area (Å²) in [5.41, 5.74) is 5.57. The van der Waals surface area contributed by atoms with Crippen LogP contribution >= 0.6 is 0 Å². The van der Waals surface area contributed by atoms with Crippen molar-refractivity contribution in [3.63, 3.8) is 0 Å². The lowest BCUT2D eigenvalue weighted by Gasteiger charge is -2.28. The van der Waals surface area contributed by atoms with E-state index >= 15 is 0 Å². The minimum atomic E-state index is -4.24. The van der Waals surface area contributed by atoms with Crippen molar-refractivity contribution in [2.75, 3.05) is 6.54 Å². The molecule has 0 heterocycles. The zero-order valence-electron chi connectivity index (χ0n) is 10.6. The van der Waals surface area contributed by atoms with Crippen LogP contribution in [0.15, 0.2) is 0 Å². The summed E-state index contributed by atoms with van der Waals surface area (Å²) in [7, 11) is 0. The van der Waals surface area contributed by atoms with Gasteiger partial charge in [0.15, 0.2) is 0 Å². The van der Waals surface area contributed by atoms with Gasteiger partial charge in [0.2, 0.25) is 5.91 Å². The van der Waals surface area contributed by atoms with E-state index in [1.807, 2.05) is 0 Å². The lowest BCUT2D eigenvalue weighted by atomic mass is 9.81. The van der Waals surface area contributed by atoms with Gasteiger partial charge in [0.1, 0.15) is 0 Å². The van der Waals surface area contributed by atoms with Crippen molar-refractivity contribution in [1.82, 2.24) is 5.32 Å². The summed E-state index contributed by atoms with van der Waals surface area (Å²) >= 11 is 0. The molecule has 3 atom stereocenters. The summed E-state index contributed by atoms with van der Waals surface area (Å²) in [4.78, 5) is 11.8. The van der Waals surface area contributed by atoms with Crippen molar-refractivity contribution in [3.05, 3.63) is 0 Å². The maximum Gasteiger partial charge on any atom is 0.391 e. The van der Waals surface area contributed by atoms with E-state index in [9.17, 15) is 18.0 Å². The molecule has 0 aromatic heterocycles. The predicted molar refractivity (Wildman–Crippen MR) is 62.8 cm³/mol. The highest BCUT2D eigenvalue weighted by Crippen LogP contribution is 2.29. The molecule has 106 valence electrons. The third kappa shape index (κ3) is 5.25. The molecule has 0 saturated heterocycles. The van der Waals surface area contributed by atoms with Crippen LogP contribution in [0.3, 0.4) is 0 Å². The number of halogens is 3. The molecule has 1 rings (SSSR count). The number of nitrogens with one attached hydrogen (secondary N) is 1. The highest BCUT2D eigenvalue weighted by atomic mass is 19.4. The van der Waals surface area contributed by atoms with Crippen LogP contribution in [-0.4, -0.2) is 24.7 Å². The van der Waals surface area contributed by atoms with Gasteiger partial charge < -0.3 is 11.1 Å². The smallest absolute Gasteiger partial charge is 0.353 e. The minimum absolute atomic E-state index is 0.178. The molecule has 0 aromatic carbocycles. The van der Waals surface area contributed by atoms with E-state index < -0.39 is 18.6 Å². The molecule has 1 fully saturated rings. The number of carbonyl (C=O) groups is 1. The second kappa shape index (κ2) is 6.41. The van der Waals surface area contributed by atoms with Crippen LogP contribution in [0.25, 0.3) is 0 Å². The van der Waals surface area contributed by atoms with E-state index in [0.717, 1.165) is 19.3 Å². The van der Waals surface area contributed by atoms with Gasteiger partial charge in [0.25, 0.3) is 0 Å². The SMILES string of the molecule is CC(CC(F)(F)F)NC(=O)C1CCCC(CN)C1. The molecular formula is C12H21F3N2O. The highest BCUT2D eigenvalue weighted by Gasteiger charge is 2.32. The molecular weight excluding hydrogens is 245 g/mol. The van der Waals surface area contributed by atoms with E-state index in [4.69, 9.17) is 5.73 Å². The normalized spacial score (nSPS) is 26.7. The number of nitrogens with two attached hydrogens (primary N) is 1. The fourth-order valence-electron chi connectivity index (χ4n) is 2.50. The molecule has 3 N–H and O–H groups in total.